The Kier molecular flexibility index (Phi) is 3.54. The third-order valence-electron chi connectivity index (χ3n) is 2.68. The highest BCUT2D eigenvalue weighted by atomic mass is 35.5. The lowest BCUT2D eigenvalue weighted by molar-refractivity contribution is -0.136. The van der Waals surface area contributed by atoms with Crippen molar-refractivity contribution in [1.82, 2.24) is 4.90 Å². The number of aliphatic carboxylic acids is 1. The number of likely N-dealkylation sites (tertiary alicyclic amines) is 1. The van der Waals surface area contributed by atoms with Crippen molar-refractivity contribution in [2.75, 3.05) is 20.1 Å². The zero-order valence-electron chi connectivity index (χ0n) is 9.52. The summed E-state index contributed by atoms with van der Waals surface area (Å²) in [5.41, 5.74) is 0.681. The van der Waals surface area contributed by atoms with E-state index in [0.717, 1.165) is 13.1 Å². The molecular formula is C12H14ClNO3. The molecule has 2 rings (SSSR count). The minimum absolute atomic E-state index is 0.0217. The topological polar surface area (TPSA) is 49.8 Å². The number of benzene rings is 1. The molecule has 0 unspecified atom stereocenters. The third kappa shape index (κ3) is 3.11. The smallest absolute Gasteiger partial charge is 0.307 e. The SMILES string of the molecule is CN1CC(Oc2ccc(CC(=O)O)cc2Cl)C1. The van der Waals surface area contributed by atoms with Crippen LogP contribution in [0.25, 0.3) is 0 Å². The summed E-state index contributed by atoms with van der Waals surface area (Å²) in [4.78, 5) is 12.7. The first-order chi connectivity index (χ1) is 8.04. The van der Waals surface area contributed by atoms with Crippen molar-refractivity contribution in [3.05, 3.63) is 28.8 Å². The van der Waals surface area contributed by atoms with Gasteiger partial charge in [-0.2, -0.15) is 0 Å². The van der Waals surface area contributed by atoms with E-state index in [0.29, 0.717) is 16.3 Å². The second-order valence-corrected chi connectivity index (χ2v) is 4.70. The lowest BCUT2D eigenvalue weighted by Crippen LogP contribution is -2.51. The van der Waals surface area contributed by atoms with Crippen molar-refractivity contribution < 1.29 is 14.6 Å². The van der Waals surface area contributed by atoms with E-state index in [1.165, 1.54) is 0 Å². The first-order valence-electron chi connectivity index (χ1n) is 5.40. The monoisotopic (exact) mass is 255 g/mol. The number of nitrogens with zero attached hydrogens (tertiary/aromatic N) is 1. The second kappa shape index (κ2) is 4.94. The van der Waals surface area contributed by atoms with E-state index in [-0.39, 0.29) is 12.5 Å². The second-order valence-electron chi connectivity index (χ2n) is 4.30. The Labute approximate surface area is 105 Å². The van der Waals surface area contributed by atoms with Crippen LogP contribution >= 0.6 is 11.6 Å². The third-order valence-corrected chi connectivity index (χ3v) is 2.97. The van der Waals surface area contributed by atoms with E-state index in [1.54, 1.807) is 18.2 Å². The highest BCUT2D eigenvalue weighted by Crippen LogP contribution is 2.28. The van der Waals surface area contributed by atoms with Gasteiger partial charge in [-0.3, -0.25) is 9.69 Å². The average Bonchev–Trinajstić information content (AvgIpc) is 2.18. The van der Waals surface area contributed by atoms with Crippen LogP contribution in [0.5, 0.6) is 5.75 Å². The standard InChI is InChI=1S/C12H14ClNO3/c1-14-6-9(7-14)17-11-3-2-8(4-10(11)13)5-12(15)16/h2-4,9H,5-7H2,1H3,(H,15,16). The Morgan fingerprint density at radius 3 is 2.82 bits per heavy atom. The maximum absolute atomic E-state index is 10.6. The van der Waals surface area contributed by atoms with Gasteiger partial charge in [0.15, 0.2) is 0 Å². The molecule has 1 saturated heterocycles. The highest BCUT2D eigenvalue weighted by Gasteiger charge is 2.25. The van der Waals surface area contributed by atoms with Crippen LogP contribution in [0.15, 0.2) is 18.2 Å². The number of carboxylic acids is 1. The van der Waals surface area contributed by atoms with Gasteiger partial charge in [0.1, 0.15) is 11.9 Å². The minimum Gasteiger partial charge on any atom is -0.486 e. The first kappa shape index (κ1) is 12.2. The molecule has 1 fully saturated rings. The lowest BCUT2D eigenvalue weighted by atomic mass is 10.1. The fraction of sp³-hybridized carbons (Fsp3) is 0.417. The van der Waals surface area contributed by atoms with E-state index in [9.17, 15) is 4.79 Å². The quantitative estimate of drug-likeness (QED) is 0.889. The van der Waals surface area contributed by atoms with Crippen molar-refractivity contribution in [2.24, 2.45) is 0 Å². The molecule has 0 radical (unpaired) electrons. The fourth-order valence-electron chi connectivity index (χ4n) is 1.82. The van der Waals surface area contributed by atoms with Crippen molar-refractivity contribution in [2.45, 2.75) is 12.5 Å². The number of likely N-dealkylation sites (N-methyl/N-ethyl adjacent to an activating group) is 1. The number of hydrogen-bond donors (Lipinski definition) is 1. The summed E-state index contributed by atoms with van der Waals surface area (Å²) < 4.78 is 5.69. The Hall–Kier alpha value is -1.26. The van der Waals surface area contributed by atoms with Gasteiger partial charge in [-0.05, 0) is 24.7 Å². The molecule has 1 aromatic carbocycles. The van der Waals surface area contributed by atoms with Gasteiger partial charge in [-0.25, -0.2) is 0 Å². The molecule has 0 saturated carbocycles. The van der Waals surface area contributed by atoms with E-state index in [2.05, 4.69) is 4.90 Å². The summed E-state index contributed by atoms with van der Waals surface area (Å²) in [5, 5.41) is 9.14. The molecule has 0 bridgehead atoms. The van der Waals surface area contributed by atoms with Crippen molar-refractivity contribution in [3.8, 4) is 5.75 Å². The van der Waals surface area contributed by atoms with Gasteiger partial charge in [0, 0.05) is 13.1 Å². The van der Waals surface area contributed by atoms with Gasteiger partial charge in [-0.15, -0.1) is 0 Å². The molecule has 1 aliphatic rings. The number of hydrogen-bond acceptors (Lipinski definition) is 3. The predicted octanol–water partition coefficient (Wildman–Crippen LogP) is 1.66. The van der Waals surface area contributed by atoms with Gasteiger partial charge < -0.3 is 9.84 Å². The van der Waals surface area contributed by atoms with E-state index < -0.39 is 5.97 Å². The molecule has 0 amide bonds. The van der Waals surface area contributed by atoms with Gasteiger partial charge in [0.2, 0.25) is 0 Å². The normalized spacial score (nSPS) is 16.6. The minimum atomic E-state index is -0.865. The number of carbonyl (C=O) groups is 1. The van der Waals surface area contributed by atoms with Crippen molar-refractivity contribution >= 4 is 17.6 Å². The van der Waals surface area contributed by atoms with E-state index in [4.69, 9.17) is 21.4 Å². The average molecular weight is 256 g/mol. The fourth-order valence-corrected chi connectivity index (χ4v) is 2.07. The van der Waals surface area contributed by atoms with E-state index >= 15 is 0 Å². The summed E-state index contributed by atoms with van der Waals surface area (Å²) in [7, 11) is 2.03. The Balaban J connectivity index is 2.01. The molecule has 1 heterocycles. The Bertz CT molecular complexity index is 430. The molecular weight excluding hydrogens is 242 g/mol. The van der Waals surface area contributed by atoms with Crippen LogP contribution in [0.2, 0.25) is 5.02 Å². The first-order valence-corrected chi connectivity index (χ1v) is 5.78. The predicted molar refractivity (Wildman–Crippen MR) is 64.7 cm³/mol. The molecule has 1 aromatic rings. The number of ether oxygens (including phenoxy) is 1. The van der Waals surface area contributed by atoms with E-state index in [1.807, 2.05) is 7.05 Å². The lowest BCUT2D eigenvalue weighted by Gasteiger charge is -2.36. The number of rotatable bonds is 4. The summed E-state index contributed by atoms with van der Waals surface area (Å²) in [6.07, 6.45) is 0.162. The maximum atomic E-state index is 10.6. The molecule has 92 valence electrons. The summed E-state index contributed by atoms with van der Waals surface area (Å²) in [6.45, 7) is 1.79. The maximum Gasteiger partial charge on any atom is 0.307 e. The van der Waals surface area contributed by atoms with Crippen LogP contribution in [0.1, 0.15) is 5.56 Å². The summed E-state index contributed by atoms with van der Waals surface area (Å²) >= 11 is 6.04. The van der Waals surface area contributed by atoms with Gasteiger partial charge in [-0.1, -0.05) is 17.7 Å². The molecule has 1 N–H and O–H groups in total. The molecule has 0 spiro atoms. The van der Waals surface area contributed by atoms with Crippen molar-refractivity contribution in [1.29, 1.82) is 0 Å². The van der Waals surface area contributed by atoms with Crippen LogP contribution < -0.4 is 4.74 Å². The molecule has 5 heteroatoms. The number of halogens is 1. The zero-order valence-corrected chi connectivity index (χ0v) is 10.3. The largest absolute Gasteiger partial charge is 0.486 e. The Morgan fingerprint density at radius 2 is 2.29 bits per heavy atom. The molecule has 4 nitrogen and oxygen atoms in total. The van der Waals surface area contributed by atoms with Crippen LogP contribution in [0.3, 0.4) is 0 Å². The Morgan fingerprint density at radius 1 is 1.59 bits per heavy atom. The van der Waals surface area contributed by atoms with Gasteiger partial charge in [0.05, 0.1) is 11.4 Å². The van der Waals surface area contributed by atoms with Crippen LogP contribution in [0.4, 0.5) is 0 Å². The van der Waals surface area contributed by atoms with Gasteiger partial charge >= 0.3 is 5.97 Å². The van der Waals surface area contributed by atoms with Crippen LogP contribution in [0, 0.1) is 0 Å². The molecule has 1 aliphatic heterocycles. The highest BCUT2D eigenvalue weighted by molar-refractivity contribution is 6.32. The summed E-state index contributed by atoms with van der Waals surface area (Å²) in [5.74, 6) is -0.241. The molecule has 0 aliphatic carbocycles. The van der Waals surface area contributed by atoms with Gasteiger partial charge in [0.25, 0.3) is 0 Å². The zero-order chi connectivity index (χ0) is 12.4. The van der Waals surface area contributed by atoms with Crippen LogP contribution in [-0.4, -0.2) is 42.2 Å². The summed E-state index contributed by atoms with van der Waals surface area (Å²) in [6, 6.07) is 5.12. The molecule has 0 atom stereocenters. The number of carboxylic acid groups (broad SMARTS) is 1. The van der Waals surface area contributed by atoms with Crippen LogP contribution in [-0.2, 0) is 11.2 Å². The molecule has 17 heavy (non-hydrogen) atoms. The van der Waals surface area contributed by atoms with Crippen molar-refractivity contribution in [3.63, 3.8) is 0 Å². The molecule has 0 aromatic heterocycles.